The quantitative estimate of drug-likeness (QED) is 0.414. The average Bonchev–Trinajstić information content (AvgIpc) is 2.64. The highest BCUT2D eigenvalue weighted by Crippen LogP contribution is 2.17. The summed E-state index contributed by atoms with van der Waals surface area (Å²) in [5, 5.41) is 13.6. The first kappa shape index (κ1) is 18.3. The maximum atomic E-state index is 11.8. The number of benzene rings is 2. The molecule has 0 saturated carbocycles. The number of thiocarbonyl (C=S) groups is 1. The molecule has 0 spiro atoms. The maximum absolute atomic E-state index is 11.8. The highest BCUT2D eigenvalue weighted by atomic mass is 32.1. The first-order valence-electron chi connectivity index (χ1n) is 7.86. The van der Waals surface area contributed by atoms with E-state index in [9.17, 15) is 14.4 Å². The Labute approximate surface area is 159 Å². The smallest absolute Gasteiger partial charge is 0.335 e. The zero-order valence-electron chi connectivity index (χ0n) is 13.9. The summed E-state index contributed by atoms with van der Waals surface area (Å²) in [5.41, 5.74) is 1.67. The molecule has 0 bridgehead atoms. The van der Waals surface area contributed by atoms with Crippen LogP contribution in [-0.4, -0.2) is 28.0 Å². The fourth-order valence-electron chi connectivity index (χ4n) is 2.34. The highest BCUT2D eigenvalue weighted by Gasteiger charge is 2.25. The fraction of sp³-hybridized carbons (Fsp3) is 0.0526. The number of rotatable bonds is 5. The Kier molecular flexibility index (Phi) is 5.28. The van der Waals surface area contributed by atoms with Crippen molar-refractivity contribution in [2.75, 3.05) is 0 Å². The minimum atomic E-state index is -0.977. The number of ether oxygens (including phenoxy) is 1. The summed E-state index contributed by atoms with van der Waals surface area (Å²) in [6, 6.07) is 13.2. The molecule has 136 valence electrons. The van der Waals surface area contributed by atoms with E-state index in [1.54, 1.807) is 36.4 Å². The molecule has 1 saturated heterocycles. The van der Waals surface area contributed by atoms with E-state index in [2.05, 4.69) is 10.6 Å². The lowest BCUT2D eigenvalue weighted by Crippen LogP contribution is -2.51. The second-order valence-electron chi connectivity index (χ2n) is 5.66. The minimum Gasteiger partial charge on any atom is -0.489 e. The second kappa shape index (κ2) is 7.79. The van der Waals surface area contributed by atoms with E-state index in [1.165, 1.54) is 18.2 Å². The second-order valence-corrected chi connectivity index (χ2v) is 6.06. The Balaban J connectivity index is 1.64. The number of hydrogen-bond acceptors (Lipinski definition) is 5. The number of hydrogen-bond donors (Lipinski definition) is 3. The van der Waals surface area contributed by atoms with Gasteiger partial charge in [0.25, 0.3) is 11.8 Å². The van der Waals surface area contributed by atoms with Gasteiger partial charge in [0.15, 0.2) is 5.11 Å². The number of nitrogens with one attached hydrogen (secondary N) is 2. The van der Waals surface area contributed by atoms with E-state index < -0.39 is 17.8 Å². The summed E-state index contributed by atoms with van der Waals surface area (Å²) in [6.45, 7) is 0.280. The Morgan fingerprint density at radius 1 is 1.00 bits per heavy atom. The van der Waals surface area contributed by atoms with Crippen molar-refractivity contribution in [1.29, 1.82) is 0 Å². The molecular weight excluding hydrogens is 368 g/mol. The number of carboxylic acids is 1. The van der Waals surface area contributed by atoms with Crippen LogP contribution < -0.4 is 15.4 Å². The SMILES string of the molecule is O=C1NC(=S)NC(=O)C1=Cc1ccc(OCc2ccc(C(=O)O)cc2)cc1. The summed E-state index contributed by atoms with van der Waals surface area (Å²) in [6.07, 6.45) is 1.46. The van der Waals surface area contributed by atoms with Crippen LogP contribution in [0.15, 0.2) is 54.1 Å². The highest BCUT2D eigenvalue weighted by molar-refractivity contribution is 7.80. The van der Waals surface area contributed by atoms with Gasteiger partial charge >= 0.3 is 5.97 Å². The van der Waals surface area contributed by atoms with Crippen LogP contribution in [0.1, 0.15) is 21.5 Å². The molecule has 0 aromatic heterocycles. The number of carbonyl (C=O) groups is 3. The van der Waals surface area contributed by atoms with Crippen LogP contribution >= 0.6 is 12.2 Å². The maximum Gasteiger partial charge on any atom is 0.335 e. The largest absolute Gasteiger partial charge is 0.489 e. The van der Waals surface area contributed by atoms with Gasteiger partial charge in [0, 0.05) is 0 Å². The first-order valence-corrected chi connectivity index (χ1v) is 8.26. The molecule has 1 aliphatic rings. The molecule has 0 aliphatic carbocycles. The lowest BCUT2D eigenvalue weighted by atomic mass is 10.1. The minimum absolute atomic E-state index is 0.0118. The molecule has 2 aromatic carbocycles. The van der Waals surface area contributed by atoms with Crippen LogP contribution in [0.4, 0.5) is 0 Å². The van der Waals surface area contributed by atoms with E-state index in [1.807, 2.05) is 0 Å². The van der Waals surface area contributed by atoms with Crippen molar-refractivity contribution in [1.82, 2.24) is 10.6 Å². The number of amides is 2. The van der Waals surface area contributed by atoms with Crippen molar-refractivity contribution >= 4 is 41.2 Å². The van der Waals surface area contributed by atoms with Crippen molar-refractivity contribution < 1.29 is 24.2 Å². The third-order valence-electron chi connectivity index (χ3n) is 3.74. The topological polar surface area (TPSA) is 105 Å². The van der Waals surface area contributed by atoms with Crippen LogP contribution in [0.2, 0.25) is 0 Å². The Morgan fingerprint density at radius 3 is 2.15 bits per heavy atom. The van der Waals surface area contributed by atoms with E-state index in [0.29, 0.717) is 11.3 Å². The van der Waals surface area contributed by atoms with Crippen LogP contribution in [-0.2, 0) is 16.2 Å². The molecule has 0 radical (unpaired) electrons. The van der Waals surface area contributed by atoms with Gasteiger partial charge in [-0.05, 0) is 53.7 Å². The summed E-state index contributed by atoms with van der Waals surface area (Å²) in [7, 11) is 0. The third kappa shape index (κ3) is 4.56. The molecule has 0 atom stereocenters. The summed E-state index contributed by atoms with van der Waals surface area (Å²) < 4.78 is 5.65. The van der Waals surface area contributed by atoms with Gasteiger partial charge in [0.2, 0.25) is 0 Å². The number of carboxylic acid groups (broad SMARTS) is 1. The van der Waals surface area contributed by atoms with E-state index in [4.69, 9.17) is 22.1 Å². The Bertz CT molecular complexity index is 927. The van der Waals surface area contributed by atoms with Crippen molar-refractivity contribution in [2.45, 2.75) is 6.61 Å². The molecular formula is C19H14N2O5S. The van der Waals surface area contributed by atoms with Gasteiger partial charge in [0.05, 0.1) is 5.56 Å². The molecule has 3 rings (SSSR count). The van der Waals surface area contributed by atoms with E-state index in [0.717, 1.165) is 5.56 Å². The Morgan fingerprint density at radius 2 is 1.59 bits per heavy atom. The Hall–Kier alpha value is -3.52. The third-order valence-corrected chi connectivity index (χ3v) is 3.94. The van der Waals surface area contributed by atoms with Crippen LogP contribution in [0.3, 0.4) is 0 Å². The van der Waals surface area contributed by atoms with Crippen molar-refractivity contribution in [3.8, 4) is 5.75 Å². The van der Waals surface area contributed by atoms with Gasteiger partial charge in [-0.1, -0.05) is 24.3 Å². The van der Waals surface area contributed by atoms with Gasteiger partial charge < -0.3 is 9.84 Å². The lowest BCUT2D eigenvalue weighted by molar-refractivity contribution is -0.123. The molecule has 3 N–H and O–H groups in total. The first-order chi connectivity index (χ1) is 12.9. The fourth-order valence-corrected chi connectivity index (χ4v) is 2.53. The molecule has 7 nitrogen and oxygen atoms in total. The van der Waals surface area contributed by atoms with Crippen molar-refractivity contribution in [3.63, 3.8) is 0 Å². The van der Waals surface area contributed by atoms with Gasteiger partial charge in [-0.15, -0.1) is 0 Å². The lowest BCUT2D eigenvalue weighted by Gasteiger charge is -2.16. The van der Waals surface area contributed by atoms with Gasteiger partial charge in [-0.2, -0.15) is 0 Å². The van der Waals surface area contributed by atoms with Crippen molar-refractivity contribution in [2.24, 2.45) is 0 Å². The van der Waals surface area contributed by atoms with Gasteiger partial charge in [-0.25, -0.2) is 4.79 Å². The van der Waals surface area contributed by atoms with Gasteiger partial charge in [0.1, 0.15) is 17.9 Å². The van der Waals surface area contributed by atoms with Crippen LogP contribution in [0, 0.1) is 0 Å². The van der Waals surface area contributed by atoms with E-state index >= 15 is 0 Å². The predicted molar refractivity (Wildman–Crippen MR) is 101 cm³/mol. The standard InChI is InChI=1S/C19H14N2O5S/c22-16-15(17(23)21-19(27)20-16)9-11-3-7-14(8-4-11)26-10-12-1-5-13(6-2-12)18(24)25/h1-9H,10H2,(H,24,25)(H2,20,21,22,23,27). The zero-order valence-corrected chi connectivity index (χ0v) is 14.7. The van der Waals surface area contributed by atoms with Crippen molar-refractivity contribution in [3.05, 3.63) is 70.8 Å². The molecule has 1 heterocycles. The monoisotopic (exact) mass is 382 g/mol. The molecule has 1 fully saturated rings. The molecule has 0 unspecified atom stereocenters. The van der Waals surface area contributed by atoms with Crippen LogP contribution in [0.5, 0.6) is 5.75 Å². The zero-order chi connectivity index (χ0) is 19.4. The summed E-state index contributed by atoms with van der Waals surface area (Å²) in [4.78, 5) is 34.5. The number of aromatic carboxylic acids is 1. The molecule has 27 heavy (non-hydrogen) atoms. The molecule has 1 aliphatic heterocycles. The molecule has 2 aromatic rings. The molecule has 8 heteroatoms. The summed E-state index contributed by atoms with van der Waals surface area (Å²) >= 11 is 4.75. The predicted octanol–water partition coefficient (Wildman–Crippen LogP) is 1.88. The average molecular weight is 382 g/mol. The van der Waals surface area contributed by atoms with Gasteiger partial charge in [-0.3, -0.25) is 20.2 Å². The summed E-state index contributed by atoms with van der Waals surface area (Å²) in [5.74, 6) is -1.48. The van der Waals surface area contributed by atoms with E-state index in [-0.39, 0.29) is 22.9 Å². The molecule has 2 amide bonds. The number of carbonyl (C=O) groups excluding carboxylic acids is 2. The van der Waals surface area contributed by atoms with Crippen LogP contribution in [0.25, 0.3) is 6.08 Å². The normalized spacial score (nSPS) is 13.6.